The molecule has 3 nitrogen and oxygen atoms in total. The quantitative estimate of drug-likeness (QED) is 0.921. The summed E-state index contributed by atoms with van der Waals surface area (Å²) in [6.45, 7) is 5.44. The smallest absolute Gasteiger partial charge is 0.0825 e. The minimum absolute atomic E-state index is 0.469. The van der Waals surface area contributed by atoms with Crippen LogP contribution in [0.2, 0.25) is 10.0 Å². The molecule has 0 bridgehead atoms. The van der Waals surface area contributed by atoms with Crippen molar-refractivity contribution < 1.29 is 0 Å². The highest BCUT2D eigenvalue weighted by Crippen LogP contribution is 2.33. The van der Waals surface area contributed by atoms with E-state index in [0.29, 0.717) is 16.1 Å². The Bertz CT molecular complexity index is 480. The van der Waals surface area contributed by atoms with Crippen LogP contribution in [0.1, 0.15) is 19.3 Å². The Morgan fingerprint density at radius 2 is 1.81 bits per heavy atom. The van der Waals surface area contributed by atoms with Gasteiger partial charge in [-0.1, -0.05) is 29.3 Å². The molecule has 2 fully saturated rings. The summed E-state index contributed by atoms with van der Waals surface area (Å²) in [4.78, 5) is 4.89. The summed E-state index contributed by atoms with van der Waals surface area (Å²) in [7, 11) is 0. The fourth-order valence-electron chi connectivity index (χ4n) is 3.34. The molecule has 1 aliphatic carbocycles. The molecule has 0 spiro atoms. The number of nitrogens with two attached hydrogens (primary N) is 1. The Labute approximate surface area is 137 Å². The largest absolute Gasteiger partial charge is 0.368 e. The van der Waals surface area contributed by atoms with Gasteiger partial charge in [-0.15, -0.1) is 0 Å². The van der Waals surface area contributed by atoms with Gasteiger partial charge in [0.2, 0.25) is 0 Å². The van der Waals surface area contributed by atoms with Gasteiger partial charge in [0.05, 0.1) is 15.7 Å². The second-order valence-corrected chi connectivity index (χ2v) is 7.07. The summed E-state index contributed by atoms with van der Waals surface area (Å²) >= 11 is 12.4. The molecule has 1 saturated carbocycles. The highest BCUT2D eigenvalue weighted by atomic mass is 35.5. The first kappa shape index (κ1) is 15.4. The first-order valence-corrected chi connectivity index (χ1v) is 8.56. The lowest BCUT2D eigenvalue weighted by molar-refractivity contribution is 0.189. The van der Waals surface area contributed by atoms with Crippen molar-refractivity contribution in [3.05, 3.63) is 28.2 Å². The molecule has 3 rings (SSSR count). The maximum absolute atomic E-state index is 6.31. The van der Waals surface area contributed by atoms with Crippen LogP contribution in [-0.2, 0) is 0 Å². The topological polar surface area (TPSA) is 32.5 Å². The van der Waals surface area contributed by atoms with Crippen LogP contribution in [-0.4, -0.2) is 43.7 Å². The Hall–Kier alpha value is -0.480. The molecule has 0 amide bonds. The van der Waals surface area contributed by atoms with Crippen LogP contribution in [0.4, 0.5) is 5.69 Å². The van der Waals surface area contributed by atoms with E-state index in [1.54, 1.807) is 0 Å². The van der Waals surface area contributed by atoms with Crippen molar-refractivity contribution in [1.29, 1.82) is 0 Å². The molecule has 2 N–H and O–H groups in total. The fraction of sp³-hybridized carbons (Fsp3) is 0.625. The molecule has 1 aromatic rings. The van der Waals surface area contributed by atoms with Crippen LogP contribution in [0.3, 0.4) is 0 Å². The van der Waals surface area contributed by atoms with Gasteiger partial charge in [-0.25, -0.2) is 0 Å². The molecule has 0 aromatic heterocycles. The summed E-state index contributed by atoms with van der Waals surface area (Å²) in [5, 5.41) is 1.31. The van der Waals surface area contributed by atoms with Gasteiger partial charge >= 0.3 is 0 Å². The number of hydrogen-bond donors (Lipinski definition) is 1. The van der Waals surface area contributed by atoms with Crippen molar-refractivity contribution in [2.75, 3.05) is 37.6 Å². The normalized spacial score (nSPS) is 26.7. The van der Waals surface area contributed by atoms with Gasteiger partial charge in [-0.2, -0.15) is 0 Å². The van der Waals surface area contributed by atoms with E-state index in [4.69, 9.17) is 28.9 Å². The van der Waals surface area contributed by atoms with E-state index < -0.39 is 0 Å². The molecule has 116 valence electrons. The molecule has 2 aliphatic rings. The first-order chi connectivity index (χ1) is 10.1. The lowest BCUT2D eigenvalue weighted by Gasteiger charge is -2.38. The van der Waals surface area contributed by atoms with Crippen molar-refractivity contribution in [2.45, 2.75) is 25.3 Å². The van der Waals surface area contributed by atoms with Gasteiger partial charge < -0.3 is 10.6 Å². The third kappa shape index (κ3) is 3.65. The maximum atomic E-state index is 6.31. The molecule has 0 radical (unpaired) electrons. The monoisotopic (exact) mass is 327 g/mol. The number of rotatable bonds is 4. The summed E-state index contributed by atoms with van der Waals surface area (Å²) < 4.78 is 0. The molecule has 1 aliphatic heterocycles. The molecule has 21 heavy (non-hydrogen) atoms. The average molecular weight is 328 g/mol. The van der Waals surface area contributed by atoms with E-state index in [-0.39, 0.29) is 0 Å². The molecule has 0 atom stereocenters. The van der Waals surface area contributed by atoms with Crippen molar-refractivity contribution in [1.82, 2.24) is 4.90 Å². The predicted molar refractivity (Wildman–Crippen MR) is 90.4 cm³/mol. The van der Waals surface area contributed by atoms with E-state index in [0.717, 1.165) is 37.8 Å². The summed E-state index contributed by atoms with van der Waals surface area (Å²) in [6, 6.07) is 6.33. The maximum Gasteiger partial charge on any atom is 0.0825 e. The summed E-state index contributed by atoms with van der Waals surface area (Å²) in [6.07, 6.45) is 3.74. The zero-order valence-electron chi connectivity index (χ0n) is 12.3. The third-order valence-corrected chi connectivity index (χ3v) is 5.58. The highest BCUT2D eigenvalue weighted by Gasteiger charge is 2.26. The van der Waals surface area contributed by atoms with Gasteiger partial charge in [-0.05, 0) is 43.9 Å². The standard InChI is InChI=1S/C16H23Cl2N3/c17-14-2-1-3-15(16(14)18)21-8-6-20(7-9-21)5-4-12-10-13(19)11-12/h1-3,12-13H,4-11,19H2/t12-,13+. The molecule has 1 aromatic carbocycles. The van der Waals surface area contributed by atoms with E-state index in [9.17, 15) is 0 Å². The van der Waals surface area contributed by atoms with Crippen LogP contribution in [0.5, 0.6) is 0 Å². The van der Waals surface area contributed by atoms with Crippen LogP contribution in [0.15, 0.2) is 18.2 Å². The highest BCUT2D eigenvalue weighted by molar-refractivity contribution is 6.43. The number of benzene rings is 1. The zero-order valence-corrected chi connectivity index (χ0v) is 13.8. The predicted octanol–water partition coefficient (Wildman–Crippen LogP) is 3.24. The Morgan fingerprint density at radius 3 is 2.48 bits per heavy atom. The number of piperazine rings is 1. The Kier molecular flexibility index (Phi) is 4.95. The molecule has 5 heteroatoms. The molecular weight excluding hydrogens is 305 g/mol. The van der Waals surface area contributed by atoms with E-state index in [1.807, 2.05) is 12.1 Å². The van der Waals surface area contributed by atoms with Gasteiger partial charge in [0, 0.05) is 32.2 Å². The average Bonchev–Trinajstić information content (AvgIpc) is 2.46. The number of anilines is 1. The van der Waals surface area contributed by atoms with Gasteiger partial charge in [0.1, 0.15) is 0 Å². The van der Waals surface area contributed by atoms with E-state index in [1.165, 1.54) is 25.8 Å². The SMILES string of the molecule is N[C@H]1C[C@@H](CCN2CCN(c3cccc(Cl)c3Cl)CC2)C1. The minimum Gasteiger partial charge on any atom is -0.368 e. The van der Waals surface area contributed by atoms with Crippen molar-refractivity contribution in [3.63, 3.8) is 0 Å². The molecule has 1 saturated heterocycles. The molecule has 0 unspecified atom stereocenters. The van der Waals surface area contributed by atoms with E-state index >= 15 is 0 Å². The van der Waals surface area contributed by atoms with Crippen LogP contribution >= 0.6 is 23.2 Å². The van der Waals surface area contributed by atoms with Gasteiger partial charge in [0.15, 0.2) is 0 Å². The minimum atomic E-state index is 0.469. The van der Waals surface area contributed by atoms with Crippen LogP contribution in [0.25, 0.3) is 0 Å². The van der Waals surface area contributed by atoms with Crippen LogP contribution in [0, 0.1) is 5.92 Å². The molecular formula is C16H23Cl2N3. The van der Waals surface area contributed by atoms with E-state index in [2.05, 4.69) is 15.9 Å². The van der Waals surface area contributed by atoms with Crippen molar-refractivity contribution in [3.8, 4) is 0 Å². The second kappa shape index (κ2) is 6.74. The number of hydrogen-bond acceptors (Lipinski definition) is 3. The van der Waals surface area contributed by atoms with Gasteiger partial charge in [0.25, 0.3) is 0 Å². The first-order valence-electron chi connectivity index (χ1n) is 7.80. The van der Waals surface area contributed by atoms with Crippen molar-refractivity contribution >= 4 is 28.9 Å². The molecule has 1 heterocycles. The summed E-state index contributed by atoms with van der Waals surface area (Å²) in [5.41, 5.74) is 6.91. The number of halogens is 2. The lowest BCUT2D eigenvalue weighted by Crippen LogP contribution is -2.47. The van der Waals surface area contributed by atoms with Crippen LogP contribution < -0.4 is 10.6 Å². The van der Waals surface area contributed by atoms with Gasteiger partial charge in [-0.3, -0.25) is 4.90 Å². The second-order valence-electron chi connectivity index (χ2n) is 6.29. The number of nitrogens with zero attached hydrogens (tertiary/aromatic N) is 2. The zero-order chi connectivity index (χ0) is 14.8. The Morgan fingerprint density at radius 1 is 1.10 bits per heavy atom. The van der Waals surface area contributed by atoms with Crippen molar-refractivity contribution in [2.24, 2.45) is 11.7 Å². The third-order valence-electron chi connectivity index (χ3n) is 4.77. The lowest BCUT2D eigenvalue weighted by atomic mass is 9.79. The Balaban J connectivity index is 1.47. The fourth-order valence-corrected chi connectivity index (χ4v) is 3.75. The summed E-state index contributed by atoms with van der Waals surface area (Å²) in [5.74, 6) is 0.861.